The molecule has 2 N–H and O–H groups in total. The van der Waals surface area contributed by atoms with Crippen LogP contribution in [0.3, 0.4) is 0 Å². The quantitative estimate of drug-likeness (QED) is 0.0197. The summed E-state index contributed by atoms with van der Waals surface area (Å²) in [6.07, 6.45) is 57.1. The van der Waals surface area contributed by atoms with Gasteiger partial charge in [0.15, 0.2) is 6.10 Å². The molecule has 0 aromatic carbocycles. The lowest BCUT2D eigenvalue weighted by atomic mass is 10.1. The van der Waals surface area contributed by atoms with Gasteiger partial charge in [-0.1, -0.05) is 184 Å². The third kappa shape index (κ3) is 49.9. The van der Waals surface area contributed by atoms with Gasteiger partial charge in [0.25, 0.3) is 0 Å². The maximum Gasteiger partial charge on any atom is 0.472 e. The minimum absolute atomic E-state index is 0.146. The number of ether oxygens (including phenoxy) is 3. The van der Waals surface area contributed by atoms with Crippen molar-refractivity contribution in [1.29, 1.82) is 0 Å². The number of phosphoric acid groups is 1. The first-order valence-corrected chi connectivity index (χ1v) is 29.3. The van der Waals surface area contributed by atoms with Gasteiger partial charge in [-0.15, -0.1) is 0 Å². The number of hydrogen-bond acceptors (Lipinski definition) is 10. The lowest BCUT2D eigenvalue weighted by Gasteiger charge is -2.21. The van der Waals surface area contributed by atoms with Gasteiger partial charge in [0.1, 0.15) is 12.7 Å². The van der Waals surface area contributed by atoms with Crippen molar-refractivity contribution >= 4 is 25.7 Å². The zero-order valence-corrected chi connectivity index (χ0v) is 45.4. The zero-order valence-electron chi connectivity index (χ0n) is 44.5. The van der Waals surface area contributed by atoms with Crippen molar-refractivity contribution in [3.8, 4) is 0 Å². The lowest BCUT2D eigenvalue weighted by molar-refractivity contribution is -0.161. The zero-order chi connectivity index (χ0) is 51.3. The fourth-order valence-corrected chi connectivity index (χ4v) is 8.06. The Kier molecular flexibility index (Phi) is 50.0. The van der Waals surface area contributed by atoms with E-state index in [4.69, 9.17) is 23.3 Å². The van der Waals surface area contributed by atoms with Gasteiger partial charge in [-0.2, -0.15) is 0 Å². The second-order valence-electron chi connectivity index (χ2n) is 18.4. The van der Waals surface area contributed by atoms with Gasteiger partial charge in [0.2, 0.25) is 0 Å². The molecule has 0 aromatic heterocycles. The molecule has 0 heterocycles. The van der Waals surface area contributed by atoms with Crippen LogP contribution in [0.25, 0.3) is 0 Å². The molecule has 404 valence electrons. The van der Waals surface area contributed by atoms with Crippen LogP contribution in [-0.2, 0) is 42.2 Å². The van der Waals surface area contributed by atoms with Gasteiger partial charge in [0.05, 0.1) is 19.8 Å². The Bertz CT molecular complexity index is 1450. The van der Waals surface area contributed by atoms with Crippen molar-refractivity contribution in [2.24, 2.45) is 0 Å². The van der Waals surface area contributed by atoms with Crippen molar-refractivity contribution in [3.05, 3.63) is 72.9 Å². The Morgan fingerprint density at radius 2 is 0.729 bits per heavy atom. The second kappa shape index (κ2) is 52.2. The molecule has 0 rings (SSSR count). The van der Waals surface area contributed by atoms with Crippen LogP contribution < -0.4 is 0 Å². The van der Waals surface area contributed by atoms with Crippen LogP contribution >= 0.6 is 7.82 Å². The number of carbonyl (C=O) groups excluding carboxylic acids is 3. The number of unbranched alkanes of at least 4 members (excludes halogenated alkanes) is 22. The minimum Gasteiger partial charge on any atom is -0.462 e. The van der Waals surface area contributed by atoms with Crippen molar-refractivity contribution in [3.63, 3.8) is 0 Å². The summed E-state index contributed by atoms with van der Waals surface area (Å²) in [4.78, 5) is 48.4. The molecular formula is C58H101O11P. The molecular weight excluding hydrogens is 904 g/mol. The molecule has 0 saturated heterocycles. The Morgan fingerprint density at radius 1 is 0.400 bits per heavy atom. The summed E-state index contributed by atoms with van der Waals surface area (Å²) >= 11 is 0. The molecule has 0 aliphatic carbocycles. The summed E-state index contributed by atoms with van der Waals surface area (Å²) in [7, 11) is -4.76. The highest BCUT2D eigenvalue weighted by Crippen LogP contribution is 2.43. The second-order valence-corrected chi connectivity index (χ2v) is 19.8. The van der Waals surface area contributed by atoms with Crippen molar-refractivity contribution < 1.29 is 52.2 Å². The van der Waals surface area contributed by atoms with Gasteiger partial charge in [-0.05, 0) is 109 Å². The molecule has 12 heteroatoms. The van der Waals surface area contributed by atoms with Gasteiger partial charge in [-0.3, -0.25) is 23.4 Å². The summed E-state index contributed by atoms with van der Waals surface area (Å²) in [6.45, 7) is 4.48. The molecule has 0 aromatic rings. The normalized spacial score (nSPS) is 14.0. The maximum absolute atomic E-state index is 12.9. The number of esters is 3. The van der Waals surface area contributed by atoms with E-state index in [0.29, 0.717) is 19.3 Å². The third-order valence-corrected chi connectivity index (χ3v) is 12.5. The molecule has 0 aliphatic rings. The Morgan fingerprint density at radius 3 is 1.11 bits per heavy atom. The van der Waals surface area contributed by atoms with Crippen molar-refractivity contribution in [2.75, 3.05) is 26.4 Å². The highest BCUT2D eigenvalue weighted by atomic mass is 31.2. The number of phosphoric ester groups is 1. The minimum atomic E-state index is -4.76. The van der Waals surface area contributed by atoms with E-state index in [1.807, 2.05) is 0 Å². The van der Waals surface area contributed by atoms with E-state index in [0.717, 1.165) is 135 Å². The summed E-state index contributed by atoms with van der Waals surface area (Å²) in [5, 5.41) is 9.80. The summed E-state index contributed by atoms with van der Waals surface area (Å²) < 4.78 is 39.4. The van der Waals surface area contributed by atoms with Crippen LogP contribution in [0.15, 0.2) is 72.9 Å². The fraction of sp³-hybridized carbons (Fsp3) is 0.741. The molecule has 3 atom stereocenters. The largest absolute Gasteiger partial charge is 0.472 e. The highest BCUT2D eigenvalue weighted by molar-refractivity contribution is 7.47. The third-order valence-electron chi connectivity index (χ3n) is 11.6. The molecule has 0 fully saturated rings. The topological polar surface area (TPSA) is 155 Å². The number of aliphatic hydroxyl groups excluding tert-OH is 1. The monoisotopic (exact) mass is 1000 g/mol. The van der Waals surface area contributed by atoms with E-state index in [1.54, 1.807) is 0 Å². The van der Waals surface area contributed by atoms with Crippen LogP contribution in [0.1, 0.15) is 239 Å². The smallest absolute Gasteiger partial charge is 0.462 e. The number of carbonyl (C=O) groups is 3. The Balaban J connectivity index is 4.77. The van der Waals surface area contributed by atoms with Gasteiger partial charge in [-0.25, -0.2) is 4.57 Å². The van der Waals surface area contributed by atoms with E-state index in [-0.39, 0.29) is 25.9 Å². The first-order valence-electron chi connectivity index (χ1n) is 27.8. The van der Waals surface area contributed by atoms with Crippen molar-refractivity contribution in [2.45, 2.75) is 251 Å². The SMILES string of the molecule is CCC/C=C\C/C=C\CCCCCCCC(=O)OCC(COP(=O)(O)OCC(CO)OC(=O)CCCCCCC/C=C\C/C=C\CCCCC)OC(=O)CCCCCCC/C=C\C/C=C\CCCCC. The maximum atomic E-state index is 12.9. The predicted octanol–water partition coefficient (Wildman–Crippen LogP) is 16.1. The van der Waals surface area contributed by atoms with Crippen LogP contribution in [0.4, 0.5) is 0 Å². The molecule has 0 amide bonds. The van der Waals surface area contributed by atoms with Crippen molar-refractivity contribution in [1.82, 2.24) is 0 Å². The van der Waals surface area contributed by atoms with E-state index in [2.05, 4.69) is 93.7 Å². The molecule has 0 bridgehead atoms. The number of hydrogen-bond donors (Lipinski definition) is 2. The van der Waals surface area contributed by atoms with E-state index in [9.17, 15) is 28.9 Å². The molecule has 3 unspecified atom stereocenters. The predicted molar refractivity (Wildman–Crippen MR) is 288 cm³/mol. The van der Waals surface area contributed by atoms with Gasteiger partial charge in [0, 0.05) is 19.3 Å². The average molecular weight is 1010 g/mol. The number of aliphatic hydroxyl groups is 1. The van der Waals surface area contributed by atoms with Crippen LogP contribution in [0, 0.1) is 0 Å². The van der Waals surface area contributed by atoms with Crippen LogP contribution in [0.5, 0.6) is 0 Å². The van der Waals surface area contributed by atoms with Crippen LogP contribution in [-0.4, -0.2) is 66.5 Å². The summed E-state index contributed by atoms with van der Waals surface area (Å²) in [5.74, 6) is -1.51. The number of allylic oxidation sites excluding steroid dienone is 12. The van der Waals surface area contributed by atoms with Crippen LogP contribution in [0.2, 0.25) is 0 Å². The summed E-state index contributed by atoms with van der Waals surface area (Å²) in [5.41, 5.74) is 0. The summed E-state index contributed by atoms with van der Waals surface area (Å²) in [6, 6.07) is 0. The fourth-order valence-electron chi connectivity index (χ4n) is 7.28. The van der Waals surface area contributed by atoms with E-state index >= 15 is 0 Å². The average Bonchev–Trinajstić information content (AvgIpc) is 3.35. The van der Waals surface area contributed by atoms with E-state index < -0.39 is 57.8 Å². The molecule has 70 heavy (non-hydrogen) atoms. The first kappa shape index (κ1) is 66.9. The molecule has 11 nitrogen and oxygen atoms in total. The van der Waals surface area contributed by atoms with Gasteiger partial charge >= 0.3 is 25.7 Å². The molecule has 0 radical (unpaired) electrons. The lowest BCUT2D eigenvalue weighted by Crippen LogP contribution is -2.30. The molecule has 0 aliphatic heterocycles. The Labute approximate surface area is 427 Å². The molecule has 0 spiro atoms. The first-order chi connectivity index (χ1) is 34.2. The van der Waals surface area contributed by atoms with Gasteiger partial charge < -0.3 is 24.2 Å². The van der Waals surface area contributed by atoms with E-state index in [1.165, 1.54) is 44.9 Å². The molecule has 0 saturated carbocycles. The Hall–Kier alpha value is -3.08. The highest BCUT2D eigenvalue weighted by Gasteiger charge is 2.28. The number of rotatable bonds is 51. The standard InChI is InChI=1S/C58H101O11P/c1-4-7-10-13-16-19-22-25-27-30-33-36-39-42-45-48-57(61)68-54(50-59)52-66-70(63,64)67-53-55(51-65-56(60)47-44-41-38-35-32-29-24-21-18-15-12-9-6-3)69-58(62)49-46-43-40-37-34-31-28-26-23-20-17-14-11-8-5-2/h12,15-17,19-21,24-28,54-55,59H,4-11,13-14,18,22-23,29-53H2,1-3H3,(H,63,64)/b15-12-,19-16-,20-17-,24-21-,27-25-,28-26-.